The summed E-state index contributed by atoms with van der Waals surface area (Å²) in [4.78, 5) is 2.48. The number of likely N-dealkylation sites (tertiary alicyclic amines) is 1. The van der Waals surface area contributed by atoms with E-state index in [1.807, 2.05) is 0 Å². The van der Waals surface area contributed by atoms with Gasteiger partial charge in [-0.25, -0.2) is 0 Å². The van der Waals surface area contributed by atoms with Gasteiger partial charge in [-0.2, -0.15) is 0 Å². The maximum absolute atomic E-state index is 2.48. The molecule has 0 bridgehead atoms. The molecule has 1 fully saturated rings. The molecule has 74 valence electrons. The van der Waals surface area contributed by atoms with Crippen LogP contribution in [0.3, 0.4) is 0 Å². The van der Waals surface area contributed by atoms with Crippen molar-refractivity contribution in [3.05, 3.63) is 48.2 Å². The summed E-state index contributed by atoms with van der Waals surface area (Å²) >= 11 is 0. The topological polar surface area (TPSA) is 3.24 Å². The Morgan fingerprint density at radius 3 is 2.36 bits per heavy atom. The molecule has 0 aromatic heterocycles. The second-order valence-electron chi connectivity index (χ2n) is 3.77. The van der Waals surface area contributed by atoms with Crippen LogP contribution in [-0.2, 0) is 0 Å². The molecule has 0 N–H and O–H groups in total. The molecule has 0 amide bonds. The minimum Gasteiger partial charge on any atom is -0.372 e. The molecule has 0 aromatic rings. The summed E-state index contributed by atoms with van der Waals surface area (Å²) in [6, 6.07) is 0. The van der Waals surface area contributed by atoms with Crippen LogP contribution in [0.15, 0.2) is 48.2 Å². The zero-order valence-electron chi connectivity index (χ0n) is 8.52. The van der Waals surface area contributed by atoms with E-state index in [1.165, 1.54) is 38.0 Å². The molecule has 1 heteroatoms. The van der Waals surface area contributed by atoms with Crippen LogP contribution in [0.4, 0.5) is 0 Å². The number of piperidine rings is 1. The molecular weight excluding hydrogens is 170 g/mol. The van der Waals surface area contributed by atoms with Gasteiger partial charge >= 0.3 is 0 Å². The summed E-state index contributed by atoms with van der Waals surface area (Å²) in [6.07, 6.45) is 18.9. The highest BCUT2D eigenvalue weighted by Crippen LogP contribution is 2.16. The Morgan fingerprint density at radius 1 is 0.786 bits per heavy atom. The quantitative estimate of drug-likeness (QED) is 0.610. The van der Waals surface area contributed by atoms with Crippen LogP contribution in [-0.4, -0.2) is 18.0 Å². The van der Waals surface area contributed by atoms with Gasteiger partial charge in [0.05, 0.1) is 0 Å². The molecule has 0 aromatic carbocycles. The number of allylic oxidation sites excluding steroid dienone is 7. The third kappa shape index (κ3) is 2.38. The van der Waals surface area contributed by atoms with Crippen molar-refractivity contribution in [2.45, 2.75) is 19.3 Å². The Morgan fingerprint density at radius 2 is 1.50 bits per heavy atom. The first-order chi connectivity index (χ1) is 6.97. The average Bonchev–Trinajstić information content (AvgIpc) is 2.18. The zero-order chi connectivity index (χ0) is 9.64. The smallest absolute Gasteiger partial charge is 0.0366 e. The second kappa shape index (κ2) is 4.85. The Hall–Kier alpha value is -1.24. The molecular formula is C13H17N. The van der Waals surface area contributed by atoms with Crippen LogP contribution in [0, 0.1) is 0 Å². The molecule has 2 rings (SSSR count). The van der Waals surface area contributed by atoms with E-state index in [1.54, 1.807) is 0 Å². The van der Waals surface area contributed by atoms with E-state index < -0.39 is 0 Å². The Bertz CT molecular complexity index is 288. The molecule has 1 aliphatic heterocycles. The van der Waals surface area contributed by atoms with Crippen molar-refractivity contribution in [3.63, 3.8) is 0 Å². The van der Waals surface area contributed by atoms with Crippen LogP contribution >= 0.6 is 0 Å². The Kier molecular flexibility index (Phi) is 3.23. The van der Waals surface area contributed by atoms with Crippen LogP contribution < -0.4 is 0 Å². The fourth-order valence-electron chi connectivity index (χ4n) is 1.92. The van der Waals surface area contributed by atoms with E-state index in [2.05, 4.69) is 47.4 Å². The second-order valence-corrected chi connectivity index (χ2v) is 3.77. The van der Waals surface area contributed by atoms with Crippen molar-refractivity contribution in [1.29, 1.82) is 0 Å². The fraction of sp³-hybridized carbons (Fsp3) is 0.385. The third-order valence-corrected chi connectivity index (χ3v) is 2.70. The van der Waals surface area contributed by atoms with Crippen molar-refractivity contribution in [2.24, 2.45) is 0 Å². The molecule has 0 saturated carbocycles. The molecule has 1 nitrogen and oxygen atoms in total. The predicted molar refractivity (Wildman–Crippen MR) is 60.9 cm³/mol. The first-order valence-electron chi connectivity index (χ1n) is 5.43. The molecule has 0 radical (unpaired) electrons. The lowest BCUT2D eigenvalue weighted by Crippen LogP contribution is -2.28. The molecule has 14 heavy (non-hydrogen) atoms. The van der Waals surface area contributed by atoms with Gasteiger partial charge < -0.3 is 4.90 Å². The standard InChI is InChI=1S/C13H17N/c1-2-5-9-13(10-6-3-1)14-11-7-4-8-12-14/h1-3,5-6,9-10H,4,7-8,11-12H2/b2-1-,3-1?,5-2?,6-3-,9-5-,10-6?,13-9?,13-10+. The van der Waals surface area contributed by atoms with Gasteiger partial charge in [0, 0.05) is 18.8 Å². The largest absolute Gasteiger partial charge is 0.372 e. The monoisotopic (exact) mass is 187 g/mol. The summed E-state index contributed by atoms with van der Waals surface area (Å²) in [7, 11) is 0. The predicted octanol–water partition coefficient (Wildman–Crippen LogP) is 3.04. The highest BCUT2D eigenvalue weighted by atomic mass is 15.1. The molecule has 1 heterocycles. The number of rotatable bonds is 1. The van der Waals surface area contributed by atoms with Crippen LogP contribution in [0.1, 0.15) is 19.3 Å². The van der Waals surface area contributed by atoms with E-state index in [0.717, 1.165) is 0 Å². The summed E-state index contributed by atoms with van der Waals surface area (Å²) in [6.45, 7) is 2.43. The van der Waals surface area contributed by atoms with Crippen molar-refractivity contribution < 1.29 is 0 Å². The Balaban J connectivity index is 2.07. The van der Waals surface area contributed by atoms with Gasteiger partial charge in [-0.1, -0.05) is 30.4 Å². The first kappa shape index (κ1) is 9.32. The van der Waals surface area contributed by atoms with E-state index in [9.17, 15) is 0 Å². The van der Waals surface area contributed by atoms with Crippen LogP contribution in [0.2, 0.25) is 0 Å². The van der Waals surface area contributed by atoms with Crippen LogP contribution in [0.25, 0.3) is 0 Å². The van der Waals surface area contributed by atoms with Gasteiger partial charge in [-0.05, 0) is 31.4 Å². The molecule has 2 aliphatic rings. The van der Waals surface area contributed by atoms with Gasteiger partial charge in [0.1, 0.15) is 0 Å². The first-order valence-corrected chi connectivity index (χ1v) is 5.43. The van der Waals surface area contributed by atoms with Crippen molar-refractivity contribution in [2.75, 3.05) is 13.1 Å². The van der Waals surface area contributed by atoms with Crippen LogP contribution in [0.5, 0.6) is 0 Å². The minimum atomic E-state index is 1.22. The summed E-state index contributed by atoms with van der Waals surface area (Å²) in [5.41, 5.74) is 1.35. The van der Waals surface area contributed by atoms with E-state index in [-0.39, 0.29) is 0 Å². The van der Waals surface area contributed by atoms with Gasteiger partial charge in [0.15, 0.2) is 0 Å². The van der Waals surface area contributed by atoms with Crippen molar-refractivity contribution >= 4 is 0 Å². The highest BCUT2D eigenvalue weighted by molar-refractivity contribution is 5.30. The fourth-order valence-corrected chi connectivity index (χ4v) is 1.92. The number of nitrogens with zero attached hydrogens (tertiary/aromatic N) is 1. The lowest BCUT2D eigenvalue weighted by molar-refractivity contribution is 0.293. The number of hydrogen-bond donors (Lipinski definition) is 0. The zero-order valence-corrected chi connectivity index (χ0v) is 8.52. The van der Waals surface area contributed by atoms with E-state index in [4.69, 9.17) is 0 Å². The average molecular weight is 187 g/mol. The highest BCUT2D eigenvalue weighted by Gasteiger charge is 2.10. The lowest BCUT2D eigenvalue weighted by atomic mass is 10.1. The third-order valence-electron chi connectivity index (χ3n) is 2.70. The molecule has 0 spiro atoms. The van der Waals surface area contributed by atoms with Crippen molar-refractivity contribution in [1.82, 2.24) is 4.90 Å². The lowest BCUT2D eigenvalue weighted by Gasteiger charge is -2.29. The van der Waals surface area contributed by atoms with Gasteiger partial charge in [-0.15, -0.1) is 0 Å². The molecule has 1 aliphatic carbocycles. The molecule has 0 atom stereocenters. The minimum absolute atomic E-state index is 1.22. The number of hydrogen-bond acceptors (Lipinski definition) is 1. The summed E-state index contributed by atoms with van der Waals surface area (Å²) < 4.78 is 0. The molecule has 0 unspecified atom stereocenters. The Labute approximate surface area is 86.1 Å². The summed E-state index contributed by atoms with van der Waals surface area (Å²) in [5.74, 6) is 0. The maximum Gasteiger partial charge on any atom is 0.0366 e. The summed E-state index contributed by atoms with van der Waals surface area (Å²) in [5, 5.41) is 0. The SMILES string of the molecule is C1=C\C=C/C(N2CCCCC2)=C\C=C/1. The van der Waals surface area contributed by atoms with Gasteiger partial charge in [0.2, 0.25) is 0 Å². The maximum atomic E-state index is 2.48. The van der Waals surface area contributed by atoms with Crippen molar-refractivity contribution in [3.8, 4) is 0 Å². The van der Waals surface area contributed by atoms with E-state index in [0.29, 0.717) is 0 Å². The van der Waals surface area contributed by atoms with Gasteiger partial charge in [-0.3, -0.25) is 0 Å². The normalized spacial score (nSPS) is 32.3. The van der Waals surface area contributed by atoms with E-state index >= 15 is 0 Å². The molecule has 1 saturated heterocycles. The van der Waals surface area contributed by atoms with Gasteiger partial charge in [0.25, 0.3) is 0 Å².